The largest absolute Gasteiger partial charge is 0.463 e. The number of hydrogen-bond acceptors (Lipinski definition) is 5. The summed E-state index contributed by atoms with van der Waals surface area (Å²) in [5.41, 5.74) is 1.28. The third-order valence-electron chi connectivity index (χ3n) is 3.64. The molecule has 1 aliphatic heterocycles. The van der Waals surface area contributed by atoms with Crippen molar-refractivity contribution >= 4 is 28.9 Å². The van der Waals surface area contributed by atoms with Crippen molar-refractivity contribution < 1.29 is 13.9 Å². The maximum absolute atomic E-state index is 12.5. The number of carbonyl (C=O) groups excluding carboxylic acids is 1. The van der Waals surface area contributed by atoms with Crippen LogP contribution < -0.4 is 5.43 Å². The van der Waals surface area contributed by atoms with Crippen LogP contribution in [0.1, 0.15) is 11.1 Å². The van der Waals surface area contributed by atoms with Crippen LogP contribution in [0.25, 0.3) is 17.0 Å². The molecule has 1 aromatic heterocycles. The van der Waals surface area contributed by atoms with Crippen LogP contribution in [0, 0.1) is 0 Å². The molecule has 5 nitrogen and oxygen atoms in total. The normalized spacial score (nSPS) is 15.6. The van der Waals surface area contributed by atoms with Gasteiger partial charge in [-0.15, -0.1) is 0 Å². The molecule has 0 spiro atoms. The van der Waals surface area contributed by atoms with Crippen molar-refractivity contribution in [3.8, 4) is 0 Å². The number of hydrogen-bond donors (Lipinski definition) is 0. The first-order valence-electron chi connectivity index (χ1n) is 7.31. The van der Waals surface area contributed by atoms with Crippen LogP contribution in [0.2, 0.25) is 0 Å². The molecule has 2 aromatic carbocycles. The van der Waals surface area contributed by atoms with E-state index in [0.29, 0.717) is 16.5 Å². The van der Waals surface area contributed by atoms with Crippen LogP contribution in [0.3, 0.4) is 0 Å². The summed E-state index contributed by atoms with van der Waals surface area (Å²) in [5, 5.41) is 0.450. The van der Waals surface area contributed by atoms with Gasteiger partial charge in [-0.05, 0) is 30.3 Å². The first-order chi connectivity index (χ1) is 11.7. The Morgan fingerprint density at radius 1 is 0.917 bits per heavy atom. The summed E-state index contributed by atoms with van der Waals surface area (Å²) in [5.74, 6) is -0.376. The highest BCUT2D eigenvalue weighted by Gasteiger charge is 2.24. The summed E-state index contributed by atoms with van der Waals surface area (Å²) < 4.78 is 10.6. The number of ether oxygens (including phenoxy) is 1. The zero-order valence-electron chi connectivity index (χ0n) is 12.4. The molecule has 0 saturated carbocycles. The zero-order chi connectivity index (χ0) is 16.5. The van der Waals surface area contributed by atoms with Gasteiger partial charge in [-0.3, -0.25) is 4.79 Å². The summed E-state index contributed by atoms with van der Waals surface area (Å²) in [7, 11) is 0. The summed E-state index contributed by atoms with van der Waals surface area (Å²) in [6.07, 6.45) is 2.71. The molecule has 116 valence electrons. The van der Waals surface area contributed by atoms with Crippen LogP contribution in [0.15, 0.2) is 80.8 Å². The smallest absolute Gasteiger partial charge is 0.363 e. The van der Waals surface area contributed by atoms with Crippen LogP contribution in [0.4, 0.5) is 0 Å². The average molecular weight is 317 g/mol. The number of cyclic esters (lactones) is 1. The van der Waals surface area contributed by atoms with E-state index in [1.807, 2.05) is 18.2 Å². The second-order valence-electron chi connectivity index (χ2n) is 5.22. The van der Waals surface area contributed by atoms with Crippen LogP contribution in [-0.4, -0.2) is 11.9 Å². The molecule has 24 heavy (non-hydrogen) atoms. The van der Waals surface area contributed by atoms with E-state index in [2.05, 4.69) is 4.99 Å². The lowest BCUT2D eigenvalue weighted by Crippen LogP contribution is -2.07. The highest BCUT2D eigenvalue weighted by atomic mass is 16.6. The first kappa shape index (κ1) is 14.1. The van der Waals surface area contributed by atoms with E-state index in [-0.39, 0.29) is 22.6 Å². The number of esters is 1. The third-order valence-corrected chi connectivity index (χ3v) is 3.64. The lowest BCUT2D eigenvalue weighted by atomic mass is 10.1. The van der Waals surface area contributed by atoms with Gasteiger partial charge in [0.1, 0.15) is 11.8 Å². The van der Waals surface area contributed by atoms with E-state index in [1.54, 1.807) is 36.4 Å². The number of carbonyl (C=O) groups is 1. The number of rotatable bonds is 2. The van der Waals surface area contributed by atoms with Gasteiger partial charge in [0, 0.05) is 5.56 Å². The van der Waals surface area contributed by atoms with Gasteiger partial charge in [0.05, 0.1) is 10.9 Å². The van der Waals surface area contributed by atoms with Crippen LogP contribution in [-0.2, 0) is 9.53 Å². The van der Waals surface area contributed by atoms with Crippen molar-refractivity contribution in [1.82, 2.24) is 0 Å². The molecule has 1 aliphatic rings. The first-order valence-corrected chi connectivity index (χ1v) is 7.31. The minimum absolute atomic E-state index is 0.0661. The van der Waals surface area contributed by atoms with Gasteiger partial charge >= 0.3 is 5.97 Å². The second kappa shape index (κ2) is 5.62. The van der Waals surface area contributed by atoms with E-state index in [1.165, 1.54) is 12.3 Å². The van der Waals surface area contributed by atoms with Crippen molar-refractivity contribution in [3.05, 3.63) is 87.9 Å². The Kier molecular flexibility index (Phi) is 3.31. The van der Waals surface area contributed by atoms with Crippen molar-refractivity contribution in [2.24, 2.45) is 4.99 Å². The molecular formula is C19H11NO4. The second-order valence-corrected chi connectivity index (χ2v) is 5.22. The Balaban J connectivity index is 1.79. The highest BCUT2D eigenvalue weighted by molar-refractivity contribution is 6.12. The molecule has 4 rings (SSSR count). The number of nitrogens with zero attached hydrogens (tertiary/aromatic N) is 1. The average Bonchev–Trinajstić information content (AvgIpc) is 2.99. The lowest BCUT2D eigenvalue weighted by Gasteiger charge is -1.98. The van der Waals surface area contributed by atoms with Gasteiger partial charge in [-0.1, -0.05) is 30.3 Å². The Labute approximate surface area is 136 Å². The molecule has 0 unspecified atom stereocenters. The van der Waals surface area contributed by atoms with Gasteiger partial charge in [0.25, 0.3) is 0 Å². The molecule has 0 aliphatic carbocycles. The molecule has 0 bridgehead atoms. The topological polar surface area (TPSA) is 68.9 Å². The lowest BCUT2D eigenvalue weighted by molar-refractivity contribution is -0.129. The van der Waals surface area contributed by atoms with E-state index in [0.717, 1.165) is 0 Å². The van der Waals surface area contributed by atoms with Crippen molar-refractivity contribution in [3.63, 3.8) is 0 Å². The predicted octanol–water partition coefficient (Wildman–Crippen LogP) is 3.14. The molecule has 0 radical (unpaired) electrons. The monoisotopic (exact) mass is 317 g/mol. The highest BCUT2D eigenvalue weighted by Crippen LogP contribution is 2.19. The van der Waals surface area contributed by atoms with Gasteiger partial charge in [0.2, 0.25) is 5.90 Å². The van der Waals surface area contributed by atoms with Gasteiger partial charge in [-0.2, -0.15) is 0 Å². The zero-order valence-corrected chi connectivity index (χ0v) is 12.4. The summed E-state index contributed by atoms with van der Waals surface area (Å²) in [6, 6.07) is 16.0. The molecule has 0 fully saturated rings. The molecule has 0 saturated heterocycles. The fraction of sp³-hybridized carbons (Fsp3) is 0. The van der Waals surface area contributed by atoms with Gasteiger partial charge < -0.3 is 9.15 Å². The molecule has 0 amide bonds. The van der Waals surface area contributed by atoms with E-state index >= 15 is 0 Å². The van der Waals surface area contributed by atoms with Crippen LogP contribution in [0.5, 0.6) is 0 Å². The third kappa shape index (κ3) is 2.42. The summed E-state index contributed by atoms with van der Waals surface area (Å²) in [4.78, 5) is 28.6. The minimum Gasteiger partial charge on any atom is -0.463 e. The summed E-state index contributed by atoms with van der Waals surface area (Å²) >= 11 is 0. The Morgan fingerprint density at radius 2 is 1.67 bits per heavy atom. The standard InChI is InChI=1S/C19H11NO4/c21-17-13(11-23-16-9-5-4-8-14(16)17)10-15-19(22)24-18(20-15)12-6-2-1-3-7-12/h1-11H/b15-10+. The Hall–Kier alpha value is -3.47. The molecule has 0 N–H and O–H groups in total. The maximum Gasteiger partial charge on any atom is 0.363 e. The minimum atomic E-state index is -0.596. The molecular weight excluding hydrogens is 306 g/mol. The van der Waals surface area contributed by atoms with Crippen molar-refractivity contribution in [1.29, 1.82) is 0 Å². The molecule has 5 heteroatoms. The van der Waals surface area contributed by atoms with Crippen molar-refractivity contribution in [2.45, 2.75) is 0 Å². The van der Waals surface area contributed by atoms with E-state index in [4.69, 9.17) is 9.15 Å². The quantitative estimate of drug-likeness (QED) is 0.538. The van der Waals surface area contributed by atoms with Crippen molar-refractivity contribution in [2.75, 3.05) is 0 Å². The van der Waals surface area contributed by atoms with Gasteiger partial charge in [-0.25, -0.2) is 9.79 Å². The van der Waals surface area contributed by atoms with Crippen LogP contribution >= 0.6 is 0 Å². The number of benzene rings is 2. The Bertz CT molecular complexity index is 1060. The molecule has 0 atom stereocenters. The fourth-order valence-corrected chi connectivity index (χ4v) is 2.45. The van der Waals surface area contributed by atoms with E-state index < -0.39 is 5.97 Å². The number of fused-ring (bicyclic) bond motifs is 1. The molecule has 3 aromatic rings. The van der Waals surface area contributed by atoms with Gasteiger partial charge in [0.15, 0.2) is 11.1 Å². The SMILES string of the molecule is O=C1OC(c2ccccc2)=N/C1=C/c1coc2ccccc2c1=O. The number of para-hydroxylation sites is 1. The number of aliphatic imine (C=N–C) groups is 1. The molecule has 2 heterocycles. The van der Waals surface area contributed by atoms with E-state index in [9.17, 15) is 9.59 Å². The Morgan fingerprint density at radius 3 is 2.50 bits per heavy atom. The maximum atomic E-state index is 12.5. The predicted molar refractivity (Wildman–Crippen MR) is 89.5 cm³/mol. The fourth-order valence-electron chi connectivity index (χ4n) is 2.45. The summed E-state index contributed by atoms with van der Waals surface area (Å²) in [6.45, 7) is 0.